The first-order chi connectivity index (χ1) is 11.6. The van der Waals surface area contributed by atoms with Gasteiger partial charge in [0, 0.05) is 12.4 Å². The molecule has 3 aromatic rings. The highest BCUT2D eigenvalue weighted by Gasteiger charge is 2.19. The number of ether oxygens (including phenoxy) is 1. The number of esters is 1. The Morgan fingerprint density at radius 3 is 2.88 bits per heavy atom. The Bertz CT molecular complexity index is 848. The number of thiazole rings is 1. The standard InChI is InChI=1S/C16H15ClN4O2S/c1-10(19-16-20-14(17)13(24-16)15(22)23-2)11-6-3-4-7-12(11)21-9-5-8-18-21/h3-10H,1-2H3,(H,19,20). The van der Waals surface area contributed by atoms with Crippen LogP contribution in [0.1, 0.15) is 28.2 Å². The molecule has 0 bridgehead atoms. The highest BCUT2D eigenvalue weighted by molar-refractivity contribution is 7.18. The second kappa shape index (κ2) is 7.02. The van der Waals surface area contributed by atoms with E-state index < -0.39 is 5.97 Å². The highest BCUT2D eigenvalue weighted by atomic mass is 35.5. The van der Waals surface area contributed by atoms with E-state index in [9.17, 15) is 4.79 Å². The van der Waals surface area contributed by atoms with Crippen molar-refractivity contribution in [3.63, 3.8) is 0 Å². The van der Waals surface area contributed by atoms with E-state index in [1.165, 1.54) is 18.4 Å². The molecular weight excluding hydrogens is 348 g/mol. The Labute approximate surface area is 148 Å². The molecule has 0 saturated heterocycles. The summed E-state index contributed by atoms with van der Waals surface area (Å²) >= 11 is 7.17. The van der Waals surface area contributed by atoms with Gasteiger partial charge in [-0.2, -0.15) is 5.10 Å². The van der Waals surface area contributed by atoms with Gasteiger partial charge in [-0.1, -0.05) is 41.1 Å². The monoisotopic (exact) mass is 362 g/mol. The molecule has 1 atom stereocenters. The summed E-state index contributed by atoms with van der Waals surface area (Å²) in [5.41, 5.74) is 2.02. The normalized spacial score (nSPS) is 12.0. The number of methoxy groups -OCH3 is 1. The number of para-hydroxylation sites is 1. The predicted molar refractivity (Wildman–Crippen MR) is 94.1 cm³/mol. The summed E-state index contributed by atoms with van der Waals surface area (Å²) < 4.78 is 6.50. The number of halogens is 1. The second-order valence-corrected chi connectivity index (χ2v) is 6.36. The van der Waals surface area contributed by atoms with Crippen molar-refractivity contribution in [3.8, 4) is 5.69 Å². The Hall–Kier alpha value is -2.38. The lowest BCUT2D eigenvalue weighted by Gasteiger charge is -2.17. The van der Waals surface area contributed by atoms with Crippen LogP contribution in [0.15, 0.2) is 42.7 Å². The molecule has 0 saturated carbocycles. The van der Waals surface area contributed by atoms with Crippen LogP contribution in [0.2, 0.25) is 5.15 Å². The number of anilines is 1. The van der Waals surface area contributed by atoms with Gasteiger partial charge in [-0.15, -0.1) is 0 Å². The fourth-order valence-electron chi connectivity index (χ4n) is 2.32. The minimum absolute atomic E-state index is 0.0573. The molecule has 1 aromatic carbocycles. The Kier molecular flexibility index (Phi) is 4.82. The summed E-state index contributed by atoms with van der Waals surface area (Å²) in [6.07, 6.45) is 3.62. The van der Waals surface area contributed by atoms with E-state index in [0.717, 1.165) is 11.3 Å². The summed E-state index contributed by atoms with van der Waals surface area (Å²) in [6, 6.07) is 9.76. The van der Waals surface area contributed by atoms with Crippen LogP contribution in [-0.4, -0.2) is 27.8 Å². The third-order valence-electron chi connectivity index (χ3n) is 3.45. The quantitative estimate of drug-likeness (QED) is 0.696. The van der Waals surface area contributed by atoms with E-state index in [2.05, 4.69) is 15.4 Å². The maximum absolute atomic E-state index is 11.6. The Balaban J connectivity index is 1.86. The average molecular weight is 363 g/mol. The van der Waals surface area contributed by atoms with E-state index in [-0.39, 0.29) is 16.1 Å². The molecule has 3 rings (SSSR count). The molecule has 6 nitrogen and oxygen atoms in total. The topological polar surface area (TPSA) is 69.0 Å². The van der Waals surface area contributed by atoms with Crippen LogP contribution in [0.3, 0.4) is 0 Å². The van der Waals surface area contributed by atoms with E-state index in [4.69, 9.17) is 16.3 Å². The lowest BCUT2D eigenvalue weighted by atomic mass is 10.1. The molecule has 0 radical (unpaired) electrons. The summed E-state index contributed by atoms with van der Waals surface area (Å²) in [5.74, 6) is -0.491. The minimum atomic E-state index is -0.491. The number of benzene rings is 1. The van der Waals surface area contributed by atoms with Gasteiger partial charge in [0.05, 0.1) is 18.8 Å². The van der Waals surface area contributed by atoms with Crippen molar-refractivity contribution >= 4 is 34.0 Å². The van der Waals surface area contributed by atoms with Crippen molar-refractivity contribution in [2.75, 3.05) is 12.4 Å². The van der Waals surface area contributed by atoms with Crippen LogP contribution in [0.5, 0.6) is 0 Å². The van der Waals surface area contributed by atoms with Crippen LogP contribution in [-0.2, 0) is 4.74 Å². The van der Waals surface area contributed by atoms with Crippen LogP contribution in [0, 0.1) is 0 Å². The largest absolute Gasteiger partial charge is 0.465 e. The third-order valence-corrected chi connectivity index (χ3v) is 4.80. The molecule has 8 heteroatoms. The van der Waals surface area contributed by atoms with Gasteiger partial charge < -0.3 is 10.1 Å². The zero-order valence-electron chi connectivity index (χ0n) is 13.1. The molecule has 124 valence electrons. The van der Waals surface area contributed by atoms with Gasteiger partial charge in [-0.05, 0) is 24.6 Å². The fourth-order valence-corrected chi connectivity index (χ4v) is 3.51. The highest BCUT2D eigenvalue weighted by Crippen LogP contribution is 2.31. The van der Waals surface area contributed by atoms with Gasteiger partial charge in [0.1, 0.15) is 0 Å². The maximum Gasteiger partial charge on any atom is 0.351 e. The zero-order valence-corrected chi connectivity index (χ0v) is 14.6. The first kappa shape index (κ1) is 16.5. The van der Waals surface area contributed by atoms with Crippen molar-refractivity contribution in [3.05, 3.63) is 58.3 Å². The lowest BCUT2D eigenvalue weighted by Crippen LogP contribution is -2.10. The van der Waals surface area contributed by atoms with Crippen molar-refractivity contribution in [2.45, 2.75) is 13.0 Å². The number of nitrogens with zero attached hydrogens (tertiary/aromatic N) is 3. The predicted octanol–water partition coefficient (Wildman–Crippen LogP) is 3.94. The molecule has 0 aliphatic carbocycles. The SMILES string of the molecule is COC(=O)c1sc(NC(C)c2ccccc2-n2cccn2)nc1Cl. The van der Waals surface area contributed by atoms with Gasteiger partial charge in [0.15, 0.2) is 15.2 Å². The zero-order chi connectivity index (χ0) is 17.1. The van der Waals surface area contributed by atoms with Gasteiger partial charge in [-0.25, -0.2) is 14.5 Å². The second-order valence-electron chi connectivity index (χ2n) is 5.01. The van der Waals surface area contributed by atoms with Gasteiger partial charge in [0.2, 0.25) is 0 Å². The van der Waals surface area contributed by atoms with E-state index in [0.29, 0.717) is 5.13 Å². The van der Waals surface area contributed by atoms with E-state index in [1.807, 2.05) is 48.1 Å². The molecule has 2 heterocycles. The number of hydrogen-bond acceptors (Lipinski definition) is 6. The molecule has 1 unspecified atom stereocenters. The first-order valence-electron chi connectivity index (χ1n) is 7.20. The van der Waals surface area contributed by atoms with E-state index in [1.54, 1.807) is 6.20 Å². The summed E-state index contributed by atoms with van der Waals surface area (Å²) in [4.78, 5) is 16.1. The molecule has 0 fully saturated rings. The van der Waals surface area contributed by atoms with E-state index >= 15 is 0 Å². The summed E-state index contributed by atoms with van der Waals surface area (Å²) in [6.45, 7) is 2.01. The smallest absolute Gasteiger partial charge is 0.351 e. The molecule has 0 aliphatic heterocycles. The molecule has 0 spiro atoms. The Morgan fingerprint density at radius 1 is 1.38 bits per heavy atom. The first-order valence-corrected chi connectivity index (χ1v) is 8.39. The minimum Gasteiger partial charge on any atom is -0.465 e. The van der Waals surface area contributed by atoms with Crippen molar-refractivity contribution in [2.24, 2.45) is 0 Å². The molecule has 0 amide bonds. The van der Waals surface area contributed by atoms with Gasteiger partial charge in [0.25, 0.3) is 0 Å². The average Bonchev–Trinajstić information content (AvgIpc) is 3.24. The molecule has 0 aliphatic rings. The number of rotatable bonds is 5. The number of carbonyl (C=O) groups excluding carboxylic acids is 1. The Morgan fingerprint density at radius 2 is 2.17 bits per heavy atom. The molecular formula is C16H15ClN4O2S. The fraction of sp³-hybridized carbons (Fsp3) is 0.188. The van der Waals surface area contributed by atoms with Gasteiger partial charge in [-0.3, -0.25) is 0 Å². The number of carbonyl (C=O) groups is 1. The number of nitrogens with one attached hydrogen (secondary N) is 1. The van der Waals surface area contributed by atoms with Crippen molar-refractivity contribution in [1.82, 2.24) is 14.8 Å². The van der Waals surface area contributed by atoms with Crippen molar-refractivity contribution < 1.29 is 9.53 Å². The summed E-state index contributed by atoms with van der Waals surface area (Å²) in [5, 5.41) is 8.26. The van der Waals surface area contributed by atoms with Crippen LogP contribution in [0.4, 0.5) is 5.13 Å². The van der Waals surface area contributed by atoms with Gasteiger partial charge >= 0.3 is 5.97 Å². The number of hydrogen-bond donors (Lipinski definition) is 1. The molecule has 1 N–H and O–H groups in total. The van der Waals surface area contributed by atoms with Crippen LogP contribution >= 0.6 is 22.9 Å². The maximum atomic E-state index is 11.6. The van der Waals surface area contributed by atoms with Crippen LogP contribution in [0.25, 0.3) is 5.69 Å². The van der Waals surface area contributed by atoms with Crippen molar-refractivity contribution in [1.29, 1.82) is 0 Å². The van der Waals surface area contributed by atoms with Crippen LogP contribution < -0.4 is 5.32 Å². The number of aromatic nitrogens is 3. The lowest BCUT2D eigenvalue weighted by molar-refractivity contribution is 0.0606. The molecule has 24 heavy (non-hydrogen) atoms. The molecule has 2 aromatic heterocycles. The third kappa shape index (κ3) is 3.27. The summed E-state index contributed by atoms with van der Waals surface area (Å²) in [7, 11) is 1.31.